The molecule has 2 heteroatoms. The number of rotatable bonds is 9. The maximum Gasteiger partial charge on any atom is 0.0264 e. The van der Waals surface area contributed by atoms with Crippen LogP contribution in [0.2, 0.25) is 0 Å². The fourth-order valence-electron chi connectivity index (χ4n) is 3.47. The van der Waals surface area contributed by atoms with Gasteiger partial charge in [0.05, 0.1) is 0 Å². The Labute approximate surface area is 114 Å². The zero-order valence-corrected chi connectivity index (χ0v) is 12.6. The van der Waals surface area contributed by atoms with Crippen molar-refractivity contribution in [1.82, 2.24) is 5.43 Å². The molecule has 108 valence electrons. The summed E-state index contributed by atoms with van der Waals surface area (Å²) >= 11 is 0. The molecule has 0 heterocycles. The van der Waals surface area contributed by atoms with Gasteiger partial charge in [-0.1, -0.05) is 71.6 Å². The minimum absolute atomic E-state index is 0.455. The second-order valence-corrected chi connectivity index (χ2v) is 6.49. The molecule has 0 amide bonds. The molecule has 0 bridgehead atoms. The Kier molecular flexibility index (Phi) is 7.92. The third-order valence-corrected chi connectivity index (χ3v) is 4.88. The van der Waals surface area contributed by atoms with Crippen molar-refractivity contribution in [2.45, 2.75) is 96.9 Å². The molecule has 1 rings (SSSR count). The van der Waals surface area contributed by atoms with Crippen LogP contribution < -0.4 is 11.3 Å². The van der Waals surface area contributed by atoms with Crippen molar-refractivity contribution in [2.24, 2.45) is 11.3 Å². The van der Waals surface area contributed by atoms with Crippen LogP contribution in [0.4, 0.5) is 0 Å². The van der Waals surface area contributed by atoms with E-state index in [2.05, 4.69) is 19.3 Å². The van der Waals surface area contributed by atoms with Gasteiger partial charge in [-0.15, -0.1) is 0 Å². The van der Waals surface area contributed by atoms with Crippen molar-refractivity contribution in [2.75, 3.05) is 0 Å². The van der Waals surface area contributed by atoms with E-state index in [1.54, 1.807) is 0 Å². The summed E-state index contributed by atoms with van der Waals surface area (Å²) in [5.41, 5.74) is 3.57. The number of hydrazine groups is 1. The van der Waals surface area contributed by atoms with Gasteiger partial charge >= 0.3 is 0 Å². The normalized spacial score (nSPS) is 20.8. The maximum atomic E-state index is 5.80. The molecule has 1 fully saturated rings. The minimum Gasteiger partial charge on any atom is -0.271 e. The second kappa shape index (κ2) is 8.92. The fraction of sp³-hybridized carbons (Fsp3) is 1.00. The Hall–Kier alpha value is -0.0800. The van der Waals surface area contributed by atoms with Gasteiger partial charge < -0.3 is 0 Å². The largest absolute Gasteiger partial charge is 0.271 e. The molecule has 0 aromatic carbocycles. The summed E-state index contributed by atoms with van der Waals surface area (Å²) in [7, 11) is 0. The molecular weight excluding hydrogens is 220 g/mol. The molecule has 18 heavy (non-hydrogen) atoms. The van der Waals surface area contributed by atoms with E-state index in [0.717, 1.165) is 0 Å². The summed E-state index contributed by atoms with van der Waals surface area (Å²) in [6.45, 7) is 4.71. The minimum atomic E-state index is 0.455. The Morgan fingerprint density at radius 2 is 1.61 bits per heavy atom. The first-order chi connectivity index (χ1) is 8.73. The molecule has 0 aromatic heterocycles. The zero-order chi connectivity index (χ0) is 13.3. The van der Waals surface area contributed by atoms with Gasteiger partial charge in [0.2, 0.25) is 0 Å². The summed E-state index contributed by atoms with van der Waals surface area (Å²) < 4.78 is 0. The van der Waals surface area contributed by atoms with E-state index in [4.69, 9.17) is 5.84 Å². The average molecular weight is 254 g/mol. The SMILES string of the molecule is CCCCCCCCC(NN)C1(C)CCCCC1. The van der Waals surface area contributed by atoms with E-state index >= 15 is 0 Å². The summed E-state index contributed by atoms with van der Waals surface area (Å²) in [4.78, 5) is 0. The molecular formula is C16H34N2. The van der Waals surface area contributed by atoms with Gasteiger partial charge in [0, 0.05) is 6.04 Å². The van der Waals surface area contributed by atoms with E-state index in [9.17, 15) is 0 Å². The van der Waals surface area contributed by atoms with Gasteiger partial charge in [-0.05, 0) is 24.7 Å². The van der Waals surface area contributed by atoms with E-state index in [-0.39, 0.29) is 0 Å². The van der Waals surface area contributed by atoms with Gasteiger partial charge in [-0.2, -0.15) is 0 Å². The lowest BCUT2D eigenvalue weighted by molar-refractivity contribution is 0.135. The number of nitrogens with one attached hydrogen (secondary N) is 1. The molecule has 1 aliphatic carbocycles. The van der Waals surface area contributed by atoms with Gasteiger partial charge in [0.25, 0.3) is 0 Å². The van der Waals surface area contributed by atoms with Crippen molar-refractivity contribution < 1.29 is 0 Å². The quantitative estimate of drug-likeness (QED) is 0.360. The van der Waals surface area contributed by atoms with Crippen molar-refractivity contribution in [3.05, 3.63) is 0 Å². The molecule has 1 unspecified atom stereocenters. The number of nitrogens with two attached hydrogens (primary N) is 1. The van der Waals surface area contributed by atoms with Crippen molar-refractivity contribution in [1.29, 1.82) is 0 Å². The van der Waals surface area contributed by atoms with Gasteiger partial charge in [-0.25, -0.2) is 0 Å². The number of unbranched alkanes of at least 4 members (excludes halogenated alkanes) is 5. The number of hydrogen-bond donors (Lipinski definition) is 2. The molecule has 1 atom stereocenters. The second-order valence-electron chi connectivity index (χ2n) is 6.49. The Balaban J connectivity index is 2.20. The topological polar surface area (TPSA) is 38.0 Å². The molecule has 0 radical (unpaired) electrons. The van der Waals surface area contributed by atoms with Crippen LogP contribution in [0, 0.1) is 5.41 Å². The Bertz CT molecular complexity index is 197. The third kappa shape index (κ3) is 5.27. The monoisotopic (exact) mass is 254 g/mol. The van der Waals surface area contributed by atoms with Crippen LogP contribution in [-0.2, 0) is 0 Å². The molecule has 1 aliphatic rings. The van der Waals surface area contributed by atoms with Crippen LogP contribution in [0.15, 0.2) is 0 Å². The van der Waals surface area contributed by atoms with Gasteiger partial charge in [-0.3, -0.25) is 11.3 Å². The molecule has 0 aromatic rings. The smallest absolute Gasteiger partial charge is 0.0264 e. The molecule has 0 spiro atoms. The van der Waals surface area contributed by atoms with E-state index in [1.165, 1.54) is 77.0 Å². The van der Waals surface area contributed by atoms with Crippen LogP contribution in [-0.4, -0.2) is 6.04 Å². The van der Waals surface area contributed by atoms with Crippen molar-refractivity contribution >= 4 is 0 Å². The van der Waals surface area contributed by atoms with Gasteiger partial charge in [0.15, 0.2) is 0 Å². The maximum absolute atomic E-state index is 5.80. The number of hydrogen-bond acceptors (Lipinski definition) is 2. The Morgan fingerprint density at radius 3 is 2.22 bits per heavy atom. The van der Waals surface area contributed by atoms with Crippen LogP contribution in [0.25, 0.3) is 0 Å². The molecule has 0 saturated heterocycles. The van der Waals surface area contributed by atoms with Crippen LogP contribution >= 0.6 is 0 Å². The lowest BCUT2D eigenvalue weighted by atomic mass is 9.69. The van der Waals surface area contributed by atoms with E-state index < -0.39 is 0 Å². The molecule has 1 saturated carbocycles. The molecule has 3 N–H and O–H groups in total. The molecule has 2 nitrogen and oxygen atoms in total. The summed E-state index contributed by atoms with van der Waals surface area (Å²) in [6.07, 6.45) is 16.5. The summed E-state index contributed by atoms with van der Waals surface area (Å²) in [5, 5.41) is 0. The lowest BCUT2D eigenvalue weighted by Gasteiger charge is -2.40. The standard InChI is InChI=1S/C16H34N2/c1-3-4-5-6-7-9-12-15(18-17)16(2)13-10-8-11-14-16/h15,18H,3-14,17H2,1-2H3. The predicted octanol–water partition coefficient (Wildman–Crippen LogP) is 4.54. The highest BCUT2D eigenvalue weighted by atomic mass is 15.2. The fourth-order valence-corrected chi connectivity index (χ4v) is 3.47. The third-order valence-electron chi connectivity index (χ3n) is 4.88. The first-order valence-corrected chi connectivity index (χ1v) is 8.19. The van der Waals surface area contributed by atoms with Crippen LogP contribution in [0.3, 0.4) is 0 Å². The average Bonchev–Trinajstić information content (AvgIpc) is 2.38. The van der Waals surface area contributed by atoms with E-state index in [0.29, 0.717) is 11.5 Å². The summed E-state index contributed by atoms with van der Waals surface area (Å²) in [5.74, 6) is 5.80. The predicted molar refractivity (Wildman–Crippen MR) is 80.3 cm³/mol. The highest BCUT2D eigenvalue weighted by Crippen LogP contribution is 2.40. The zero-order valence-electron chi connectivity index (χ0n) is 12.6. The lowest BCUT2D eigenvalue weighted by Crippen LogP contribution is -2.48. The van der Waals surface area contributed by atoms with Crippen LogP contribution in [0.5, 0.6) is 0 Å². The summed E-state index contributed by atoms with van der Waals surface area (Å²) in [6, 6.07) is 0.531. The van der Waals surface area contributed by atoms with Gasteiger partial charge in [0.1, 0.15) is 0 Å². The van der Waals surface area contributed by atoms with Crippen molar-refractivity contribution in [3.63, 3.8) is 0 Å². The first-order valence-electron chi connectivity index (χ1n) is 8.19. The van der Waals surface area contributed by atoms with E-state index in [1.807, 2.05) is 0 Å². The first kappa shape index (κ1) is 16.0. The van der Waals surface area contributed by atoms with Crippen LogP contribution in [0.1, 0.15) is 90.9 Å². The highest BCUT2D eigenvalue weighted by molar-refractivity contribution is 4.88. The highest BCUT2D eigenvalue weighted by Gasteiger charge is 2.34. The molecule has 0 aliphatic heterocycles. The van der Waals surface area contributed by atoms with Crippen molar-refractivity contribution in [3.8, 4) is 0 Å². The Morgan fingerprint density at radius 1 is 1.00 bits per heavy atom.